The molecule has 15 heavy (non-hydrogen) atoms. The van der Waals surface area contributed by atoms with Gasteiger partial charge in [0.25, 0.3) is 0 Å². The van der Waals surface area contributed by atoms with Gasteiger partial charge in [0.1, 0.15) is 5.75 Å². The lowest BCUT2D eigenvalue weighted by molar-refractivity contribution is 0.00872. The van der Waals surface area contributed by atoms with Gasteiger partial charge in [-0.1, -0.05) is 19.1 Å². The zero-order valence-corrected chi connectivity index (χ0v) is 9.36. The van der Waals surface area contributed by atoms with Crippen molar-refractivity contribution in [3.8, 4) is 5.75 Å². The highest BCUT2D eigenvalue weighted by atomic mass is 16.5. The quantitative estimate of drug-likeness (QED) is 0.820. The molecule has 0 saturated heterocycles. The smallest absolute Gasteiger partial charge is 0.119 e. The molecule has 1 atom stereocenters. The van der Waals surface area contributed by atoms with Gasteiger partial charge in [-0.05, 0) is 42.9 Å². The van der Waals surface area contributed by atoms with Gasteiger partial charge >= 0.3 is 0 Å². The van der Waals surface area contributed by atoms with Crippen LogP contribution < -0.4 is 4.74 Å². The van der Waals surface area contributed by atoms with E-state index in [1.807, 2.05) is 31.2 Å². The van der Waals surface area contributed by atoms with Gasteiger partial charge in [-0.25, -0.2) is 0 Å². The fourth-order valence-electron chi connectivity index (χ4n) is 2.18. The van der Waals surface area contributed by atoms with Gasteiger partial charge in [0.05, 0.1) is 12.7 Å². The van der Waals surface area contributed by atoms with E-state index in [4.69, 9.17) is 4.74 Å². The zero-order chi connectivity index (χ0) is 10.9. The van der Waals surface area contributed by atoms with Crippen LogP contribution in [0.15, 0.2) is 24.3 Å². The molecule has 0 bridgehead atoms. The molecule has 0 radical (unpaired) electrons. The monoisotopic (exact) mass is 206 g/mol. The van der Waals surface area contributed by atoms with Crippen molar-refractivity contribution in [1.29, 1.82) is 0 Å². The van der Waals surface area contributed by atoms with Crippen LogP contribution in [0.25, 0.3) is 0 Å². The summed E-state index contributed by atoms with van der Waals surface area (Å²) in [7, 11) is 1.65. The molecule has 0 aliphatic heterocycles. The molecule has 1 fully saturated rings. The zero-order valence-electron chi connectivity index (χ0n) is 9.36. The fourth-order valence-corrected chi connectivity index (χ4v) is 2.18. The lowest BCUT2D eigenvalue weighted by Gasteiger charge is -2.27. The molecule has 2 heteroatoms. The van der Waals surface area contributed by atoms with E-state index in [2.05, 4.69) is 0 Å². The molecule has 0 spiro atoms. The Bertz CT molecular complexity index is 344. The van der Waals surface area contributed by atoms with Crippen molar-refractivity contribution >= 4 is 0 Å². The minimum absolute atomic E-state index is 0.439. The van der Waals surface area contributed by atoms with E-state index in [0.29, 0.717) is 5.92 Å². The van der Waals surface area contributed by atoms with Crippen LogP contribution in [-0.2, 0) is 5.60 Å². The summed E-state index contributed by atoms with van der Waals surface area (Å²) in [5.74, 6) is 1.26. The van der Waals surface area contributed by atoms with Crippen molar-refractivity contribution in [2.24, 2.45) is 5.92 Å². The molecular formula is C13H18O2. The Balaban J connectivity index is 2.33. The predicted molar refractivity (Wildman–Crippen MR) is 59.9 cm³/mol. The van der Waals surface area contributed by atoms with E-state index in [-0.39, 0.29) is 0 Å². The minimum atomic E-state index is -0.644. The maximum Gasteiger partial charge on any atom is 0.119 e. The molecule has 1 aliphatic carbocycles. The Hall–Kier alpha value is -1.02. The first-order valence-corrected chi connectivity index (χ1v) is 5.57. The van der Waals surface area contributed by atoms with E-state index in [9.17, 15) is 5.11 Å². The van der Waals surface area contributed by atoms with Gasteiger partial charge in [0, 0.05) is 0 Å². The van der Waals surface area contributed by atoms with Gasteiger partial charge in [-0.2, -0.15) is 0 Å². The normalized spacial score (nSPS) is 19.7. The second-order valence-electron chi connectivity index (χ2n) is 4.28. The summed E-state index contributed by atoms with van der Waals surface area (Å²) in [6.45, 7) is 2.04. The molecule has 1 aromatic carbocycles. The van der Waals surface area contributed by atoms with E-state index >= 15 is 0 Å². The van der Waals surface area contributed by atoms with Crippen molar-refractivity contribution in [1.82, 2.24) is 0 Å². The average molecular weight is 206 g/mol. The number of aliphatic hydroxyl groups is 1. The van der Waals surface area contributed by atoms with E-state index < -0.39 is 5.60 Å². The molecular weight excluding hydrogens is 188 g/mol. The van der Waals surface area contributed by atoms with Crippen molar-refractivity contribution in [3.63, 3.8) is 0 Å². The Kier molecular flexibility index (Phi) is 2.70. The van der Waals surface area contributed by atoms with Gasteiger partial charge in [0.2, 0.25) is 0 Å². The lowest BCUT2D eigenvalue weighted by Crippen LogP contribution is -2.27. The van der Waals surface area contributed by atoms with Gasteiger partial charge in [-0.15, -0.1) is 0 Å². The van der Waals surface area contributed by atoms with Gasteiger partial charge in [0.15, 0.2) is 0 Å². The highest BCUT2D eigenvalue weighted by molar-refractivity contribution is 5.33. The number of hydrogen-bond acceptors (Lipinski definition) is 2. The van der Waals surface area contributed by atoms with Crippen molar-refractivity contribution in [3.05, 3.63) is 29.8 Å². The SMILES string of the molecule is CCC(O)(c1cccc(OC)c1)C1CC1. The third kappa shape index (κ3) is 1.86. The van der Waals surface area contributed by atoms with Crippen molar-refractivity contribution in [2.45, 2.75) is 31.8 Å². The van der Waals surface area contributed by atoms with Crippen LogP contribution >= 0.6 is 0 Å². The highest BCUT2D eigenvalue weighted by Crippen LogP contribution is 2.48. The molecule has 2 nitrogen and oxygen atoms in total. The first-order chi connectivity index (χ1) is 7.20. The van der Waals surface area contributed by atoms with Crippen LogP contribution in [0.1, 0.15) is 31.7 Å². The average Bonchev–Trinajstić information content (AvgIpc) is 3.12. The lowest BCUT2D eigenvalue weighted by atomic mass is 9.86. The number of benzene rings is 1. The number of hydrogen-bond donors (Lipinski definition) is 1. The van der Waals surface area contributed by atoms with Gasteiger partial charge < -0.3 is 9.84 Å². The van der Waals surface area contributed by atoms with Crippen LogP contribution in [0.3, 0.4) is 0 Å². The minimum Gasteiger partial charge on any atom is -0.497 e. The maximum absolute atomic E-state index is 10.6. The van der Waals surface area contributed by atoms with Crippen LogP contribution in [0.2, 0.25) is 0 Å². The van der Waals surface area contributed by atoms with Crippen LogP contribution in [0.4, 0.5) is 0 Å². The Morgan fingerprint density at radius 3 is 2.73 bits per heavy atom. The largest absolute Gasteiger partial charge is 0.497 e. The summed E-state index contributed by atoms with van der Waals surface area (Å²) in [4.78, 5) is 0. The predicted octanol–water partition coefficient (Wildman–Crippen LogP) is 2.70. The first-order valence-electron chi connectivity index (χ1n) is 5.57. The van der Waals surface area contributed by atoms with E-state index in [0.717, 1.165) is 30.6 Å². The Morgan fingerprint density at radius 2 is 2.20 bits per heavy atom. The third-order valence-electron chi connectivity index (χ3n) is 3.36. The molecule has 1 unspecified atom stereocenters. The number of ether oxygens (including phenoxy) is 1. The first kappa shape index (κ1) is 10.5. The van der Waals surface area contributed by atoms with E-state index in [1.165, 1.54) is 0 Å². The van der Waals surface area contributed by atoms with E-state index in [1.54, 1.807) is 7.11 Å². The molecule has 0 amide bonds. The molecule has 82 valence electrons. The summed E-state index contributed by atoms with van der Waals surface area (Å²) in [5.41, 5.74) is 0.348. The van der Waals surface area contributed by atoms with Crippen molar-refractivity contribution in [2.75, 3.05) is 7.11 Å². The third-order valence-corrected chi connectivity index (χ3v) is 3.36. The Morgan fingerprint density at radius 1 is 1.47 bits per heavy atom. The summed E-state index contributed by atoms with van der Waals surface area (Å²) < 4.78 is 5.18. The molecule has 0 aromatic heterocycles. The molecule has 1 N–H and O–H groups in total. The summed E-state index contributed by atoms with van der Waals surface area (Å²) in [6.07, 6.45) is 3.05. The maximum atomic E-state index is 10.6. The number of methoxy groups -OCH3 is 1. The second-order valence-corrected chi connectivity index (χ2v) is 4.28. The highest BCUT2D eigenvalue weighted by Gasteiger charge is 2.43. The van der Waals surface area contributed by atoms with Crippen LogP contribution in [0, 0.1) is 5.92 Å². The topological polar surface area (TPSA) is 29.5 Å². The van der Waals surface area contributed by atoms with Crippen molar-refractivity contribution < 1.29 is 9.84 Å². The molecule has 2 rings (SSSR count). The van der Waals surface area contributed by atoms with Crippen LogP contribution in [0.5, 0.6) is 5.75 Å². The fraction of sp³-hybridized carbons (Fsp3) is 0.538. The van der Waals surface area contributed by atoms with Crippen LogP contribution in [-0.4, -0.2) is 12.2 Å². The standard InChI is InChI=1S/C13H18O2/c1-3-13(14,10-7-8-10)11-5-4-6-12(9-11)15-2/h4-6,9-10,14H,3,7-8H2,1-2H3. The second kappa shape index (κ2) is 3.86. The Labute approximate surface area is 90.9 Å². The molecule has 1 aliphatic rings. The molecule has 0 heterocycles. The summed E-state index contributed by atoms with van der Waals surface area (Å²) in [6, 6.07) is 7.79. The van der Waals surface area contributed by atoms with Gasteiger partial charge in [-0.3, -0.25) is 0 Å². The summed E-state index contributed by atoms with van der Waals surface area (Å²) >= 11 is 0. The summed E-state index contributed by atoms with van der Waals surface area (Å²) in [5, 5.41) is 10.6. The molecule has 1 aromatic rings. The molecule has 1 saturated carbocycles. The number of rotatable bonds is 4.